The molecule has 0 aromatic heterocycles. The van der Waals surface area contributed by atoms with E-state index in [4.69, 9.17) is 0 Å². The van der Waals surface area contributed by atoms with E-state index in [0.29, 0.717) is 0 Å². The SMILES string of the molecule is CC(C)[C@H](CN1CCCCC1)[C@H](C)CN1CCCCC1. The number of hydrogen-bond acceptors (Lipinski definition) is 2. The maximum absolute atomic E-state index is 2.74. The maximum Gasteiger partial charge on any atom is 0.00151 e. The molecule has 2 heterocycles. The van der Waals surface area contributed by atoms with Crippen molar-refractivity contribution in [2.75, 3.05) is 39.3 Å². The van der Waals surface area contributed by atoms with Gasteiger partial charge in [0.25, 0.3) is 0 Å². The minimum absolute atomic E-state index is 0.816. The summed E-state index contributed by atoms with van der Waals surface area (Å²) in [6.45, 7) is 15.4. The lowest BCUT2D eigenvalue weighted by Crippen LogP contribution is -2.42. The monoisotopic (exact) mass is 280 g/mol. The third-order valence-electron chi connectivity index (χ3n) is 5.50. The Morgan fingerprint density at radius 1 is 0.650 bits per heavy atom. The molecular formula is C18H36N2. The standard InChI is InChI=1S/C18H36N2/c1-16(2)18(15-20-12-8-5-9-13-20)17(3)14-19-10-6-4-7-11-19/h16-18H,4-15H2,1-3H3/t17-,18+/m1/s1. The van der Waals surface area contributed by atoms with Crippen molar-refractivity contribution in [3.05, 3.63) is 0 Å². The Labute approximate surface area is 126 Å². The molecule has 20 heavy (non-hydrogen) atoms. The third kappa shape index (κ3) is 5.04. The highest BCUT2D eigenvalue weighted by molar-refractivity contribution is 4.79. The van der Waals surface area contributed by atoms with Gasteiger partial charge < -0.3 is 9.80 Å². The van der Waals surface area contributed by atoms with Gasteiger partial charge in [-0.3, -0.25) is 0 Å². The van der Waals surface area contributed by atoms with Crippen LogP contribution in [0.2, 0.25) is 0 Å². The predicted octanol–water partition coefficient (Wildman–Crippen LogP) is 3.87. The lowest BCUT2D eigenvalue weighted by molar-refractivity contribution is 0.107. The molecule has 2 aliphatic rings. The van der Waals surface area contributed by atoms with E-state index in [2.05, 4.69) is 30.6 Å². The Morgan fingerprint density at radius 3 is 1.55 bits per heavy atom. The summed E-state index contributed by atoms with van der Waals surface area (Å²) in [6.07, 6.45) is 8.59. The van der Waals surface area contributed by atoms with Crippen molar-refractivity contribution in [2.45, 2.75) is 59.3 Å². The van der Waals surface area contributed by atoms with Crippen LogP contribution >= 0.6 is 0 Å². The fourth-order valence-electron chi connectivity index (χ4n) is 4.17. The molecule has 0 saturated carbocycles. The van der Waals surface area contributed by atoms with Gasteiger partial charge in [0.2, 0.25) is 0 Å². The Balaban J connectivity index is 1.82. The molecule has 0 bridgehead atoms. The molecule has 2 saturated heterocycles. The molecule has 118 valence electrons. The zero-order valence-electron chi connectivity index (χ0n) is 14.1. The zero-order chi connectivity index (χ0) is 14.4. The van der Waals surface area contributed by atoms with E-state index >= 15 is 0 Å². The topological polar surface area (TPSA) is 6.48 Å². The molecule has 2 nitrogen and oxygen atoms in total. The highest BCUT2D eigenvalue weighted by Crippen LogP contribution is 2.25. The van der Waals surface area contributed by atoms with E-state index in [9.17, 15) is 0 Å². The van der Waals surface area contributed by atoms with Crippen molar-refractivity contribution < 1.29 is 0 Å². The van der Waals surface area contributed by atoms with Crippen LogP contribution in [0.3, 0.4) is 0 Å². The molecule has 0 unspecified atom stereocenters. The van der Waals surface area contributed by atoms with Gasteiger partial charge in [-0.2, -0.15) is 0 Å². The highest BCUT2D eigenvalue weighted by atomic mass is 15.1. The fraction of sp³-hybridized carbons (Fsp3) is 1.00. The van der Waals surface area contributed by atoms with Gasteiger partial charge >= 0.3 is 0 Å². The average Bonchev–Trinajstić information content (AvgIpc) is 2.46. The van der Waals surface area contributed by atoms with E-state index in [1.807, 2.05) is 0 Å². The fourth-order valence-corrected chi connectivity index (χ4v) is 4.17. The normalized spacial score (nSPS) is 25.8. The Kier molecular flexibility index (Phi) is 6.83. The maximum atomic E-state index is 2.74. The van der Waals surface area contributed by atoms with Crippen molar-refractivity contribution in [1.29, 1.82) is 0 Å². The molecule has 0 spiro atoms. The smallest absolute Gasteiger partial charge is 0.00151 e. The summed E-state index contributed by atoms with van der Waals surface area (Å²) in [5.74, 6) is 2.53. The molecule has 2 aliphatic heterocycles. The quantitative estimate of drug-likeness (QED) is 0.729. The zero-order valence-corrected chi connectivity index (χ0v) is 14.1. The first-order valence-electron chi connectivity index (χ1n) is 9.11. The van der Waals surface area contributed by atoms with Gasteiger partial charge in [0.15, 0.2) is 0 Å². The summed E-state index contributed by atoms with van der Waals surface area (Å²) < 4.78 is 0. The molecular weight excluding hydrogens is 244 g/mol. The predicted molar refractivity (Wildman–Crippen MR) is 88.1 cm³/mol. The first kappa shape index (κ1) is 16.3. The van der Waals surface area contributed by atoms with E-state index in [-0.39, 0.29) is 0 Å². The molecule has 0 aliphatic carbocycles. The molecule has 2 heteroatoms. The minimum Gasteiger partial charge on any atom is -0.303 e. The second-order valence-corrected chi connectivity index (χ2v) is 7.61. The van der Waals surface area contributed by atoms with E-state index in [1.54, 1.807) is 0 Å². The van der Waals surface area contributed by atoms with E-state index < -0.39 is 0 Å². The van der Waals surface area contributed by atoms with Crippen molar-refractivity contribution in [2.24, 2.45) is 17.8 Å². The van der Waals surface area contributed by atoms with Crippen molar-refractivity contribution in [3.63, 3.8) is 0 Å². The van der Waals surface area contributed by atoms with Crippen LogP contribution in [0.5, 0.6) is 0 Å². The van der Waals surface area contributed by atoms with Gasteiger partial charge in [-0.15, -0.1) is 0 Å². The van der Waals surface area contributed by atoms with Crippen LogP contribution in [0.1, 0.15) is 59.3 Å². The van der Waals surface area contributed by atoms with Crippen LogP contribution in [0, 0.1) is 17.8 Å². The van der Waals surface area contributed by atoms with Crippen LogP contribution in [0.25, 0.3) is 0 Å². The van der Waals surface area contributed by atoms with Crippen LogP contribution in [0.4, 0.5) is 0 Å². The number of rotatable bonds is 6. The van der Waals surface area contributed by atoms with E-state index in [1.165, 1.54) is 77.8 Å². The van der Waals surface area contributed by atoms with Gasteiger partial charge in [0, 0.05) is 13.1 Å². The van der Waals surface area contributed by atoms with Gasteiger partial charge in [-0.05, 0) is 69.6 Å². The number of likely N-dealkylation sites (tertiary alicyclic amines) is 2. The van der Waals surface area contributed by atoms with Gasteiger partial charge in [0.1, 0.15) is 0 Å². The Morgan fingerprint density at radius 2 is 1.10 bits per heavy atom. The lowest BCUT2D eigenvalue weighted by atomic mass is 9.83. The Hall–Kier alpha value is -0.0800. The van der Waals surface area contributed by atoms with E-state index in [0.717, 1.165) is 17.8 Å². The van der Waals surface area contributed by atoms with Crippen LogP contribution < -0.4 is 0 Å². The van der Waals surface area contributed by atoms with Gasteiger partial charge in [0.05, 0.1) is 0 Å². The molecule has 0 N–H and O–H groups in total. The molecule has 0 amide bonds. The number of piperidine rings is 2. The van der Waals surface area contributed by atoms with Gasteiger partial charge in [-0.25, -0.2) is 0 Å². The third-order valence-corrected chi connectivity index (χ3v) is 5.50. The Bertz CT molecular complexity index is 252. The second-order valence-electron chi connectivity index (χ2n) is 7.61. The number of hydrogen-bond donors (Lipinski definition) is 0. The largest absolute Gasteiger partial charge is 0.303 e. The van der Waals surface area contributed by atoms with Crippen molar-refractivity contribution in [1.82, 2.24) is 9.80 Å². The van der Waals surface area contributed by atoms with Crippen LogP contribution in [-0.2, 0) is 0 Å². The lowest BCUT2D eigenvalue weighted by Gasteiger charge is -2.38. The van der Waals surface area contributed by atoms with Crippen LogP contribution in [-0.4, -0.2) is 49.1 Å². The summed E-state index contributed by atoms with van der Waals surface area (Å²) in [6, 6.07) is 0. The van der Waals surface area contributed by atoms with Crippen molar-refractivity contribution in [3.8, 4) is 0 Å². The highest BCUT2D eigenvalue weighted by Gasteiger charge is 2.26. The number of nitrogens with zero attached hydrogens (tertiary/aromatic N) is 2. The summed E-state index contributed by atoms with van der Waals surface area (Å²) in [7, 11) is 0. The summed E-state index contributed by atoms with van der Waals surface area (Å²) >= 11 is 0. The first-order valence-corrected chi connectivity index (χ1v) is 9.11. The molecule has 0 radical (unpaired) electrons. The van der Waals surface area contributed by atoms with Crippen LogP contribution in [0.15, 0.2) is 0 Å². The molecule has 2 atom stereocenters. The second kappa shape index (κ2) is 8.38. The average molecular weight is 280 g/mol. The first-order chi connectivity index (χ1) is 9.66. The summed E-state index contributed by atoms with van der Waals surface area (Å²) in [5.41, 5.74) is 0. The molecule has 0 aromatic carbocycles. The molecule has 2 rings (SSSR count). The molecule has 2 fully saturated rings. The van der Waals surface area contributed by atoms with Crippen molar-refractivity contribution >= 4 is 0 Å². The minimum atomic E-state index is 0.816. The van der Waals surface area contributed by atoms with Gasteiger partial charge in [-0.1, -0.05) is 33.6 Å². The summed E-state index contributed by atoms with van der Waals surface area (Å²) in [5, 5.41) is 0. The molecule has 0 aromatic rings. The summed E-state index contributed by atoms with van der Waals surface area (Å²) in [4.78, 5) is 5.46.